The Morgan fingerprint density at radius 3 is 2.84 bits per heavy atom. The zero-order chi connectivity index (χ0) is 13.8. The fraction of sp³-hybridized carbons (Fsp3) is 0.231. The lowest BCUT2D eigenvalue weighted by atomic mass is 10.1. The molecule has 0 bridgehead atoms. The van der Waals surface area contributed by atoms with Crippen LogP contribution in [0.1, 0.15) is 18.5 Å². The highest BCUT2D eigenvalue weighted by Gasteiger charge is 2.13. The summed E-state index contributed by atoms with van der Waals surface area (Å²) >= 11 is 0. The number of hydrogen-bond donors (Lipinski definition) is 2. The Labute approximate surface area is 110 Å². The molecule has 0 radical (unpaired) electrons. The third-order valence-corrected chi connectivity index (χ3v) is 2.72. The summed E-state index contributed by atoms with van der Waals surface area (Å²) in [5.41, 5.74) is 5.91. The van der Waals surface area contributed by atoms with Crippen LogP contribution in [0.25, 0.3) is 0 Å². The molecule has 2 rings (SSSR count). The number of anilines is 1. The van der Waals surface area contributed by atoms with Crippen LogP contribution in [-0.4, -0.2) is 15.7 Å². The SMILES string of the molecule is CC(NC(=O)Cn1ccc(N)n1)c1ccccc1F. The normalized spacial score (nSPS) is 12.1. The van der Waals surface area contributed by atoms with Crippen LogP contribution in [0.3, 0.4) is 0 Å². The summed E-state index contributed by atoms with van der Waals surface area (Å²) in [4.78, 5) is 11.8. The van der Waals surface area contributed by atoms with Crippen molar-refractivity contribution >= 4 is 11.7 Å². The van der Waals surface area contributed by atoms with Crippen LogP contribution in [0.15, 0.2) is 36.5 Å². The predicted octanol–water partition coefficient (Wildman–Crippen LogP) is 1.48. The van der Waals surface area contributed by atoms with E-state index in [4.69, 9.17) is 5.73 Å². The first-order valence-corrected chi connectivity index (χ1v) is 5.89. The maximum atomic E-state index is 13.5. The van der Waals surface area contributed by atoms with Gasteiger partial charge in [-0.3, -0.25) is 9.48 Å². The second-order valence-electron chi connectivity index (χ2n) is 4.25. The molecule has 1 aromatic carbocycles. The summed E-state index contributed by atoms with van der Waals surface area (Å²) in [5, 5.41) is 6.62. The Hall–Kier alpha value is -2.37. The molecule has 1 atom stereocenters. The van der Waals surface area contributed by atoms with Crippen LogP contribution in [0.5, 0.6) is 0 Å². The number of halogens is 1. The number of carbonyl (C=O) groups is 1. The number of hydrogen-bond acceptors (Lipinski definition) is 3. The second kappa shape index (κ2) is 5.51. The van der Waals surface area contributed by atoms with E-state index >= 15 is 0 Å². The van der Waals surface area contributed by atoms with Gasteiger partial charge in [-0.15, -0.1) is 0 Å². The van der Waals surface area contributed by atoms with E-state index in [9.17, 15) is 9.18 Å². The molecule has 3 N–H and O–H groups in total. The number of amides is 1. The first-order chi connectivity index (χ1) is 9.06. The molecule has 1 amide bonds. The number of aromatic nitrogens is 2. The fourth-order valence-electron chi connectivity index (χ4n) is 1.80. The first-order valence-electron chi connectivity index (χ1n) is 5.89. The average Bonchev–Trinajstić information content (AvgIpc) is 2.74. The number of carbonyl (C=O) groups excluding carboxylic acids is 1. The minimum absolute atomic E-state index is 0.0516. The Morgan fingerprint density at radius 1 is 1.47 bits per heavy atom. The van der Waals surface area contributed by atoms with Gasteiger partial charge in [0.1, 0.15) is 18.2 Å². The van der Waals surface area contributed by atoms with Gasteiger partial charge in [-0.25, -0.2) is 4.39 Å². The molecule has 1 aromatic heterocycles. The van der Waals surface area contributed by atoms with Crippen LogP contribution in [0.2, 0.25) is 0 Å². The lowest BCUT2D eigenvalue weighted by molar-refractivity contribution is -0.122. The molecule has 0 aliphatic carbocycles. The van der Waals surface area contributed by atoms with Gasteiger partial charge >= 0.3 is 0 Å². The van der Waals surface area contributed by atoms with Gasteiger partial charge < -0.3 is 11.1 Å². The third-order valence-electron chi connectivity index (χ3n) is 2.72. The van der Waals surface area contributed by atoms with Crippen molar-refractivity contribution in [2.45, 2.75) is 19.5 Å². The molecule has 0 fully saturated rings. The largest absolute Gasteiger partial charge is 0.382 e. The van der Waals surface area contributed by atoms with Gasteiger partial charge in [-0.05, 0) is 19.1 Å². The van der Waals surface area contributed by atoms with E-state index in [1.807, 2.05) is 0 Å². The lowest BCUT2D eigenvalue weighted by Gasteiger charge is -2.15. The van der Waals surface area contributed by atoms with Gasteiger partial charge in [0.25, 0.3) is 0 Å². The van der Waals surface area contributed by atoms with E-state index in [0.717, 1.165) is 0 Å². The molecule has 0 aliphatic heterocycles. The van der Waals surface area contributed by atoms with Crippen molar-refractivity contribution in [2.75, 3.05) is 5.73 Å². The number of benzene rings is 1. The summed E-state index contributed by atoms with van der Waals surface area (Å²) in [6, 6.07) is 7.56. The van der Waals surface area contributed by atoms with Gasteiger partial charge in [0.15, 0.2) is 0 Å². The number of nitrogens with one attached hydrogen (secondary N) is 1. The minimum Gasteiger partial charge on any atom is -0.382 e. The van der Waals surface area contributed by atoms with Crippen molar-refractivity contribution in [3.8, 4) is 0 Å². The lowest BCUT2D eigenvalue weighted by Crippen LogP contribution is -2.30. The number of nitrogens with zero attached hydrogens (tertiary/aromatic N) is 2. The van der Waals surface area contributed by atoms with Crippen molar-refractivity contribution in [1.82, 2.24) is 15.1 Å². The van der Waals surface area contributed by atoms with Gasteiger partial charge in [-0.2, -0.15) is 5.10 Å². The molecule has 1 unspecified atom stereocenters. The molecular formula is C13H15FN4O. The van der Waals surface area contributed by atoms with Gasteiger partial charge in [0, 0.05) is 11.8 Å². The van der Waals surface area contributed by atoms with Crippen LogP contribution in [0.4, 0.5) is 10.2 Å². The summed E-state index contributed by atoms with van der Waals surface area (Å²) in [6.07, 6.45) is 1.61. The van der Waals surface area contributed by atoms with Crippen molar-refractivity contribution in [3.05, 3.63) is 47.9 Å². The highest BCUT2D eigenvalue weighted by atomic mass is 19.1. The summed E-state index contributed by atoms with van der Waals surface area (Å²) in [6.45, 7) is 1.78. The highest BCUT2D eigenvalue weighted by Crippen LogP contribution is 2.15. The number of rotatable bonds is 4. The average molecular weight is 262 g/mol. The molecule has 6 heteroatoms. The molecule has 1 heterocycles. The molecule has 0 spiro atoms. The maximum absolute atomic E-state index is 13.5. The van der Waals surface area contributed by atoms with E-state index < -0.39 is 6.04 Å². The molecule has 0 aliphatic rings. The Balaban J connectivity index is 1.97. The topological polar surface area (TPSA) is 72.9 Å². The highest BCUT2D eigenvalue weighted by molar-refractivity contribution is 5.76. The second-order valence-corrected chi connectivity index (χ2v) is 4.25. The molecule has 2 aromatic rings. The van der Waals surface area contributed by atoms with Gasteiger partial charge in [0.2, 0.25) is 5.91 Å². The van der Waals surface area contributed by atoms with Crippen LogP contribution >= 0.6 is 0 Å². The molecule has 0 saturated carbocycles. The number of nitrogens with two attached hydrogens (primary N) is 1. The van der Waals surface area contributed by atoms with Crippen molar-refractivity contribution in [2.24, 2.45) is 0 Å². The van der Waals surface area contributed by atoms with Crippen LogP contribution in [-0.2, 0) is 11.3 Å². The van der Waals surface area contributed by atoms with E-state index in [0.29, 0.717) is 11.4 Å². The summed E-state index contributed by atoms with van der Waals surface area (Å²) in [5.74, 6) is -0.229. The van der Waals surface area contributed by atoms with E-state index in [1.54, 1.807) is 37.4 Å². The standard InChI is InChI=1S/C13H15FN4O/c1-9(10-4-2-3-5-11(10)14)16-13(19)8-18-7-6-12(15)17-18/h2-7,9H,8H2,1H3,(H2,15,17)(H,16,19). The van der Waals surface area contributed by atoms with E-state index in [-0.39, 0.29) is 18.3 Å². The Morgan fingerprint density at radius 2 is 2.21 bits per heavy atom. The van der Waals surface area contributed by atoms with Crippen LogP contribution < -0.4 is 11.1 Å². The third kappa shape index (κ3) is 3.31. The molecule has 0 saturated heterocycles. The van der Waals surface area contributed by atoms with E-state index in [1.165, 1.54) is 10.7 Å². The molecular weight excluding hydrogens is 247 g/mol. The van der Waals surface area contributed by atoms with Crippen molar-refractivity contribution < 1.29 is 9.18 Å². The summed E-state index contributed by atoms with van der Waals surface area (Å²) in [7, 11) is 0. The smallest absolute Gasteiger partial charge is 0.242 e. The monoisotopic (exact) mass is 262 g/mol. The van der Waals surface area contributed by atoms with Gasteiger partial charge in [-0.1, -0.05) is 18.2 Å². The van der Waals surface area contributed by atoms with Crippen molar-refractivity contribution in [1.29, 1.82) is 0 Å². The van der Waals surface area contributed by atoms with E-state index in [2.05, 4.69) is 10.4 Å². The first kappa shape index (κ1) is 13.1. The predicted molar refractivity (Wildman–Crippen MR) is 69.6 cm³/mol. The molecule has 100 valence electrons. The molecule has 5 nitrogen and oxygen atoms in total. The Kier molecular flexibility index (Phi) is 3.79. The zero-order valence-corrected chi connectivity index (χ0v) is 10.5. The zero-order valence-electron chi connectivity index (χ0n) is 10.5. The van der Waals surface area contributed by atoms with Gasteiger partial charge in [0.05, 0.1) is 6.04 Å². The van der Waals surface area contributed by atoms with Crippen molar-refractivity contribution in [3.63, 3.8) is 0 Å². The number of nitrogen functional groups attached to an aromatic ring is 1. The minimum atomic E-state index is -0.401. The Bertz CT molecular complexity index is 582. The van der Waals surface area contributed by atoms with Crippen LogP contribution in [0, 0.1) is 5.82 Å². The molecule has 19 heavy (non-hydrogen) atoms. The maximum Gasteiger partial charge on any atom is 0.242 e. The quantitative estimate of drug-likeness (QED) is 0.876. The summed E-state index contributed by atoms with van der Waals surface area (Å²) < 4.78 is 15.0. The fourth-order valence-corrected chi connectivity index (χ4v) is 1.80.